The van der Waals surface area contributed by atoms with Gasteiger partial charge < -0.3 is 14.4 Å². The van der Waals surface area contributed by atoms with Crippen molar-refractivity contribution in [1.82, 2.24) is 15.1 Å². The fraction of sp³-hybridized carbons (Fsp3) is 0.500. The molecule has 0 unspecified atom stereocenters. The van der Waals surface area contributed by atoms with Crippen molar-refractivity contribution in [2.75, 3.05) is 18.7 Å². The van der Waals surface area contributed by atoms with Crippen LogP contribution in [0.5, 0.6) is 11.5 Å². The van der Waals surface area contributed by atoms with Gasteiger partial charge in [0.25, 0.3) is 0 Å². The van der Waals surface area contributed by atoms with Gasteiger partial charge in [-0.25, -0.2) is 0 Å². The number of amides is 2. The molecular weight excluding hydrogens is 392 g/mol. The van der Waals surface area contributed by atoms with Crippen LogP contribution in [0.2, 0.25) is 0 Å². The van der Waals surface area contributed by atoms with Gasteiger partial charge >= 0.3 is 0 Å². The molecule has 0 spiro atoms. The maximum atomic E-state index is 12.8. The Morgan fingerprint density at radius 1 is 1.21 bits per heavy atom. The number of hydrogen-bond donors (Lipinski definition) is 1. The quantitative estimate of drug-likeness (QED) is 0.777. The zero-order chi connectivity index (χ0) is 20.4. The second-order valence-electron chi connectivity index (χ2n) is 7.57. The van der Waals surface area contributed by atoms with E-state index in [4.69, 9.17) is 9.47 Å². The van der Waals surface area contributed by atoms with Crippen LogP contribution in [0.4, 0.5) is 5.13 Å². The molecule has 4 rings (SSSR count). The molecule has 1 fully saturated rings. The smallest absolute Gasteiger partial charge is 0.245 e. The van der Waals surface area contributed by atoms with Crippen molar-refractivity contribution in [2.24, 2.45) is 5.92 Å². The summed E-state index contributed by atoms with van der Waals surface area (Å²) in [6.07, 6.45) is 4.00. The first-order valence-corrected chi connectivity index (χ1v) is 10.7. The molecule has 8 nitrogen and oxygen atoms in total. The summed E-state index contributed by atoms with van der Waals surface area (Å²) in [4.78, 5) is 27.0. The van der Waals surface area contributed by atoms with Crippen molar-refractivity contribution in [1.29, 1.82) is 0 Å². The lowest BCUT2D eigenvalue weighted by molar-refractivity contribution is -0.140. The maximum absolute atomic E-state index is 12.8. The van der Waals surface area contributed by atoms with E-state index in [9.17, 15) is 9.59 Å². The Hall–Kier alpha value is -2.68. The van der Waals surface area contributed by atoms with E-state index in [-0.39, 0.29) is 37.1 Å². The van der Waals surface area contributed by atoms with Crippen molar-refractivity contribution in [3.05, 3.63) is 18.2 Å². The highest BCUT2D eigenvalue weighted by atomic mass is 32.1. The topological polar surface area (TPSA) is 93.7 Å². The molecule has 0 saturated heterocycles. The van der Waals surface area contributed by atoms with Gasteiger partial charge in [-0.15, -0.1) is 10.2 Å². The van der Waals surface area contributed by atoms with E-state index in [2.05, 4.69) is 15.5 Å². The molecule has 0 atom stereocenters. The number of fused-ring (bicyclic) bond motifs is 1. The molecule has 2 amide bonds. The number of nitrogens with one attached hydrogen (secondary N) is 1. The van der Waals surface area contributed by atoms with Crippen LogP contribution in [-0.4, -0.2) is 46.3 Å². The number of anilines is 1. The van der Waals surface area contributed by atoms with Crippen LogP contribution >= 0.6 is 11.3 Å². The maximum Gasteiger partial charge on any atom is 0.245 e. The Morgan fingerprint density at radius 2 is 1.97 bits per heavy atom. The molecule has 1 aromatic carbocycles. The molecule has 1 aliphatic carbocycles. The SMILES string of the molecule is CC(C)N(CC(=O)Nc1nnc(-c2ccc3c(c2)OCO3)s1)C(=O)C1CCCC1. The third kappa shape index (κ3) is 4.34. The number of carbonyl (C=O) groups excluding carboxylic acids is 2. The van der Waals surface area contributed by atoms with Gasteiger partial charge in [-0.3, -0.25) is 14.9 Å². The highest BCUT2D eigenvalue weighted by Crippen LogP contribution is 2.37. The number of nitrogens with zero attached hydrogens (tertiary/aromatic N) is 3. The summed E-state index contributed by atoms with van der Waals surface area (Å²) in [5.41, 5.74) is 0.840. The molecule has 1 saturated carbocycles. The van der Waals surface area contributed by atoms with Crippen LogP contribution in [0.25, 0.3) is 10.6 Å². The summed E-state index contributed by atoms with van der Waals surface area (Å²) >= 11 is 1.27. The predicted molar refractivity (Wildman–Crippen MR) is 109 cm³/mol. The Morgan fingerprint density at radius 3 is 2.72 bits per heavy atom. The highest BCUT2D eigenvalue weighted by molar-refractivity contribution is 7.18. The standard InChI is InChI=1S/C20H24N4O4S/c1-12(2)24(19(26)13-5-3-4-6-13)10-17(25)21-20-23-22-18(29-20)14-7-8-15-16(9-14)28-11-27-15/h7-9,12-13H,3-6,10-11H2,1-2H3,(H,21,23,25). The summed E-state index contributed by atoms with van der Waals surface area (Å²) in [7, 11) is 0. The molecule has 1 aliphatic heterocycles. The summed E-state index contributed by atoms with van der Waals surface area (Å²) in [6.45, 7) is 4.10. The van der Waals surface area contributed by atoms with Crippen molar-refractivity contribution >= 4 is 28.3 Å². The van der Waals surface area contributed by atoms with E-state index in [0.717, 1.165) is 31.2 Å². The predicted octanol–water partition coefficient (Wildman–Crippen LogP) is 3.30. The van der Waals surface area contributed by atoms with Crippen molar-refractivity contribution < 1.29 is 19.1 Å². The summed E-state index contributed by atoms with van der Waals surface area (Å²) in [6, 6.07) is 5.51. The first kappa shape index (κ1) is 19.6. The first-order valence-electron chi connectivity index (χ1n) is 9.85. The Balaban J connectivity index is 1.40. The normalized spacial score (nSPS) is 15.7. The van der Waals surface area contributed by atoms with Crippen molar-refractivity contribution in [3.8, 4) is 22.1 Å². The summed E-state index contributed by atoms with van der Waals surface area (Å²) in [5, 5.41) is 12.1. The molecule has 0 radical (unpaired) electrons. The van der Waals surface area contributed by atoms with Crippen LogP contribution in [0.3, 0.4) is 0 Å². The van der Waals surface area contributed by atoms with Crippen LogP contribution in [0.15, 0.2) is 18.2 Å². The van der Waals surface area contributed by atoms with Crippen molar-refractivity contribution in [3.63, 3.8) is 0 Å². The van der Waals surface area contributed by atoms with Gasteiger partial charge in [-0.1, -0.05) is 24.2 Å². The zero-order valence-electron chi connectivity index (χ0n) is 16.5. The Kier molecular flexibility index (Phi) is 5.66. The minimum Gasteiger partial charge on any atom is -0.454 e. The van der Waals surface area contributed by atoms with E-state index in [0.29, 0.717) is 21.6 Å². The number of ether oxygens (including phenoxy) is 2. The molecule has 9 heteroatoms. The van der Waals surface area contributed by atoms with Crippen molar-refractivity contribution in [2.45, 2.75) is 45.6 Å². The van der Waals surface area contributed by atoms with Gasteiger partial charge in [0, 0.05) is 17.5 Å². The number of hydrogen-bond acceptors (Lipinski definition) is 7. The minimum absolute atomic E-state index is 0.0198. The van der Waals surface area contributed by atoms with E-state index in [1.54, 1.807) is 4.90 Å². The third-order valence-electron chi connectivity index (χ3n) is 5.22. The van der Waals surface area contributed by atoms with E-state index in [1.165, 1.54) is 11.3 Å². The minimum atomic E-state index is -0.265. The van der Waals surface area contributed by atoms with Gasteiger partial charge in [0.1, 0.15) is 11.6 Å². The number of benzene rings is 1. The molecule has 1 N–H and O–H groups in total. The first-order chi connectivity index (χ1) is 14.0. The highest BCUT2D eigenvalue weighted by Gasteiger charge is 2.30. The molecule has 2 aromatic rings. The lowest BCUT2D eigenvalue weighted by Gasteiger charge is -2.28. The van der Waals surface area contributed by atoms with Crippen LogP contribution < -0.4 is 14.8 Å². The number of carbonyl (C=O) groups is 2. The van der Waals surface area contributed by atoms with Crippen LogP contribution in [-0.2, 0) is 9.59 Å². The van der Waals surface area contributed by atoms with Crippen LogP contribution in [0, 0.1) is 5.92 Å². The average Bonchev–Trinajstić information content (AvgIpc) is 3.45. The Labute approximate surface area is 173 Å². The number of aromatic nitrogens is 2. The number of rotatable bonds is 6. The van der Waals surface area contributed by atoms with Crippen LogP contribution in [0.1, 0.15) is 39.5 Å². The second kappa shape index (κ2) is 8.36. The van der Waals surface area contributed by atoms with Gasteiger partial charge in [-0.05, 0) is 44.9 Å². The monoisotopic (exact) mass is 416 g/mol. The lowest BCUT2D eigenvalue weighted by atomic mass is 10.1. The second-order valence-corrected chi connectivity index (χ2v) is 8.55. The van der Waals surface area contributed by atoms with E-state index in [1.807, 2.05) is 32.0 Å². The molecule has 1 aromatic heterocycles. The zero-order valence-corrected chi connectivity index (χ0v) is 17.3. The molecule has 154 valence electrons. The molecule has 0 bridgehead atoms. The molecule has 29 heavy (non-hydrogen) atoms. The fourth-order valence-electron chi connectivity index (χ4n) is 3.66. The third-order valence-corrected chi connectivity index (χ3v) is 6.10. The molecule has 2 heterocycles. The van der Waals surface area contributed by atoms with Gasteiger partial charge in [0.2, 0.25) is 23.7 Å². The van der Waals surface area contributed by atoms with E-state index < -0.39 is 0 Å². The fourth-order valence-corrected chi connectivity index (χ4v) is 4.41. The summed E-state index contributed by atoms with van der Waals surface area (Å²) in [5.74, 6) is 1.22. The van der Waals surface area contributed by atoms with Gasteiger partial charge in [0.15, 0.2) is 11.5 Å². The van der Waals surface area contributed by atoms with E-state index >= 15 is 0 Å². The largest absolute Gasteiger partial charge is 0.454 e. The lowest BCUT2D eigenvalue weighted by Crippen LogP contribution is -2.44. The molecular formula is C20H24N4O4S. The van der Waals surface area contributed by atoms with Gasteiger partial charge in [-0.2, -0.15) is 0 Å². The van der Waals surface area contributed by atoms with Gasteiger partial charge in [0.05, 0.1) is 0 Å². The average molecular weight is 417 g/mol. The Bertz CT molecular complexity index is 908. The molecule has 2 aliphatic rings. The summed E-state index contributed by atoms with van der Waals surface area (Å²) < 4.78 is 10.7.